The van der Waals surface area contributed by atoms with E-state index < -0.39 is 11.6 Å². The number of amides is 1. The highest BCUT2D eigenvalue weighted by atomic mass is 32.2. The number of aromatic nitrogens is 2. The topological polar surface area (TPSA) is 115 Å². The Labute approximate surface area is 223 Å². The number of aromatic amines is 1. The lowest BCUT2D eigenvalue weighted by molar-refractivity contribution is -0.704. The number of esters is 1. The number of thioether (sulfide) groups is 1. The number of nitrogens with zero attached hydrogens (tertiary/aromatic N) is 1. The second kappa shape index (κ2) is 11.1. The third kappa shape index (κ3) is 5.93. The van der Waals surface area contributed by atoms with E-state index in [0.29, 0.717) is 38.7 Å². The van der Waals surface area contributed by atoms with Gasteiger partial charge in [0.05, 0.1) is 19.8 Å². The van der Waals surface area contributed by atoms with Crippen LogP contribution >= 0.6 is 23.1 Å². The lowest BCUT2D eigenvalue weighted by Crippen LogP contribution is -2.36. The van der Waals surface area contributed by atoms with E-state index in [1.54, 1.807) is 31.4 Å². The maximum Gasteiger partial charge on any atom is 0.442 e. The molecule has 0 spiro atoms. The Morgan fingerprint density at radius 3 is 2.62 bits per heavy atom. The Hall–Kier alpha value is -3.05. The number of hydrogen-bond donors (Lipinski definition) is 2. The molecule has 1 unspecified atom stereocenters. The van der Waals surface area contributed by atoms with E-state index in [1.165, 1.54) is 34.9 Å². The predicted octanol–water partition coefficient (Wildman–Crippen LogP) is 4.37. The van der Waals surface area contributed by atoms with Crippen molar-refractivity contribution in [3.8, 4) is 11.4 Å². The van der Waals surface area contributed by atoms with E-state index in [0.717, 1.165) is 29.7 Å². The molecule has 9 nitrogen and oxygen atoms in total. The molecule has 0 radical (unpaired) electrons. The highest BCUT2D eigenvalue weighted by molar-refractivity contribution is 7.99. The maximum absolute atomic E-state index is 12.9. The molecule has 2 heterocycles. The van der Waals surface area contributed by atoms with Crippen molar-refractivity contribution in [2.75, 3.05) is 25.3 Å². The molecule has 198 valence electrons. The van der Waals surface area contributed by atoms with E-state index >= 15 is 0 Å². The lowest BCUT2D eigenvalue weighted by Gasteiger charge is -2.33. The summed E-state index contributed by atoms with van der Waals surface area (Å²) in [6.07, 6.45) is 2.81. The normalized spacial score (nSPS) is 15.2. The smallest absolute Gasteiger partial charge is 0.442 e. The summed E-state index contributed by atoms with van der Waals surface area (Å²) in [7, 11) is 2.94. The molecule has 0 bridgehead atoms. The highest BCUT2D eigenvalue weighted by Crippen LogP contribution is 2.44. The number of methoxy groups -OCH3 is 2. The predicted molar refractivity (Wildman–Crippen MR) is 142 cm³/mol. The summed E-state index contributed by atoms with van der Waals surface area (Å²) in [6.45, 7) is 6.71. The first-order valence-corrected chi connectivity index (χ1v) is 13.9. The van der Waals surface area contributed by atoms with Crippen molar-refractivity contribution in [2.45, 2.75) is 51.5 Å². The molecule has 1 aliphatic rings. The summed E-state index contributed by atoms with van der Waals surface area (Å²) >= 11 is 2.68. The van der Waals surface area contributed by atoms with Crippen LogP contribution in [0.3, 0.4) is 0 Å². The molecule has 1 aliphatic carbocycles. The van der Waals surface area contributed by atoms with Gasteiger partial charge >= 0.3 is 16.6 Å². The zero-order valence-electron chi connectivity index (χ0n) is 21.6. The minimum atomic E-state index is -0.520. The Kier molecular flexibility index (Phi) is 8.13. The first-order valence-electron chi connectivity index (χ1n) is 12.1. The van der Waals surface area contributed by atoms with Crippen LogP contribution in [-0.4, -0.2) is 37.1 Å². The third-order valence-corrected chi connectivity index (χ3v) is 8.84. The molecular weight excluding hydrogens is 514 g/mol. The Bertz CT molecular complexity index is 1330. The summed E-state index contributed by atoms with van der Waals surface area (Å²) in [5.74, 6) is 0.877. The highest BCUT2D eigenvalue weighted by Gasteiger charge is 2.34. The standard InChI is InChI=1S/C26H31N3O6S2/c1-26(2,3)15-6-11-18-19(14-15)37-22(21(18)24(31)34-5)27-20(30)12-13-36-23-25(32)35-28-29(23)16-7-9-17(33-4)10-8-16/h7-10,15H,6,11-14H2,1-5H3,(H-,27,28,30,31,32)/p+1. The van der Waals surface area contributed by atoms with Gasteiger partial charge in [0.15, 0.2) is 0 Å². The van der Waals surface area contributed by atoms with Crippen molar-refractivity contribution in [2.24, 2.45) is 11.3 Å². The SMILES string of the molecule is COC(=O)c1c(NC(=O)CCSc2c(=O)o[nH][n+]2-c2ccc(OC)cc2)sc2c1CCC(C(C)(C)C)C2. The van der Waals surface area contributed by atoms with Crippen molar-refractivity contribution in [1.82, 2.24) is 5.27 Å². The van der Waals surface area contributed by atoms with E-state index in [-0.39, 0.29) is 17.7 Å². The average Bonchev–Trinajstić information content (AvgIpc) is 3.42. The van der Waals surface area contributed by atoms with Crippen LogP contribution in [0.4, 0.5) is 5.00 Å². The number of anilines is 1. The summed E-state index contributed by atoms with van der Waals surface area (Å²) in [5, 5.41) is 6.38. The summed E-state index contributed by atoms with van der Waals surface area (Å²) in [5.41, 5.74) is 1.81. The summed E-state index contributed by atoms with van der Waals surface area (Å²) in [6, 6.07) is 7.13. The number of carbonyl (C=O) groups is 2. The van der Waals surface area contributed by atoms with Crippen molar-refractivity contribution < 1.29 is 28.3 Å². The number of thiophene rings is 1. The Morgan fingerprint density at radius 2 is 1.97 bits per heavy atom. The number of H-pyrrole nitrogens is 1. The molecule has 1 aromatic carbocycles. The third-order valence-electron chi connectivity index (χ3n) is 6.64. The fraction of sp³-hybridized carbons (Fsp3) is 0.462. The van der Waals surface area contributed by atoms with E-state index in [9.17, 15) is 14.4 Å². The van der Waals surface area contributed by atoms with Crippen LogP contribution in [0.2, 0.25) is 0 Å². The molecular formula is C26H32N3O6S2+. The first kappa shape index (κ1) is 27.0. The molecule has 0 fully saturated rings. The number of hydrogen-bond acceptors (Lipinski definition) is 8. The van der Waals surface area contributed by atoms with Crippen molar-refractivity contribution >= 4 is 40.0 Å². The number of benzene rings is 1. The van der Waals surface area contributed by atoms with Crippen LogP contribution in [0.15, 0.2) is 38.6 Å². The van der Waals surface area contributed by atoms with Crippen LogP contribution in [0.25, 0.3) is 5.69 Å². The molecule has 37 heavy (non-hydrogen) atoms. The van der Waals surface area contributed by atoms with Crippen LogP contribution in [0, 0.1) is 11.3 Å². The van der Waals surface area contributed by atoms with Gasteiger partial charge in [-0.2, -0.15) is 0 Å². The molecule has 3 aromatic rings. The first-order chi connectivity index (χ1) is 17.6. The number of nitrogens with one attached hydrogen (secondary N) is 2. The zero-order chi connectivity index (χ0) is 26.7. The van der Waals surface area contributed by atoms with E-state index in [4.69, 9.17) is 14.0 Å². The van der Waals surface area contributed by atoms with Crippen molar-refractivity contribution in [3.63, 3.8) is 0 Å². The Balaban J connectivity index is 1.44. The van der Waals surface area contributed by atoms with Crippen molar-refractivity contribution in [1.29, 1.82) is 0 Å². The van der Waals surface area contributed by atoms with Crippen LogP contribution in [-0.2, 0) is 22.4 Å². The lowest BCUT2D eigenvalue weighted by atomic mass is 9.72. The van der Waals surface area contributed by atoms with Crippen LogP contribution in [0.5, 0.6) is 5.75 Å². The quantitative estimate of drug-likeness (QED) is 0.245. The van der Waals surface area contributed by atoms with Gasteiger partial charge in [0.2, 0.25) is 11.6 Å². The van der Waals surface area contributed by atoms with E-state index in [1.807, 2.05) is 0 Å². The average molecular weight is 547 g/mol. The van der Waals surface area contributed by atoms with Gasteiger partial charge < -0.3 is 14.8 Å². The number of fused-ring (bicyclic) bond motifs is 1. The fourth-order valence-electron chi connectivity index (χ4n) is 4.45. The monoisotopic (exact) mass is 546 g/mol. The molecule has 1 amide bonds. The molecule has 0 saturated carbocycles. The molecule has 2 aromatic heterocycles. The number of ether oxygens (including phenoxy) is 2. The summed E-state index contributed by atoms with van der Waals surface area (Å²) < 4.78 is 16.7. The largest absolute Gasteiger partial charge is 0.497 e. The van der Waals surface area contributed by atoms with Gasteiger partial charge in [0.1, 0.15) is 10.8 Å². The van der Waals surface area contributed by atoms with Crippen LogP contribution in [0.1, 0.15) is 54.4 Å². The number of carbonyl (C=O) groups excluding carboxylic acids is 2. The zero-order valence-corrected chi connectivity index (χ0v) is 23.3. The minimum Gasteiger partial charge on any atom is -0.497 e. The second-order valence-corrected chi connectivity index (χ2v) is 12.2. The molecule has 2 N–H and O–H groups in total. The minimum absolute atomic E-state index is 0.145. The second-order valence-electron chi connectivity index (χ2n) is 9.97. The molecule has 0 saturated heterocycles. The van der Waals surface area contributed by atoms with Gasteiger partial charge in [-0.15, -0.1) is 11.3 Å². The fourth-order valence-corrected chi connectivity index (χ4v) is 6.69. The molecule has 0 aliphatic heterocycles. The molecule has 4 rings (SSSR count). The Morgan fingerprint density at radius 1 is 1.24 bits per heavy atom. The number of rotatable bonds is 8. The maximum atomic E-state index is 12.9. The van der Waals surface area contributed by atoms with E-state index in [2.05, 4.69) is 31.4 Å². The molecule has 1 atom stereocenters. The van der Waals surface area contributed by atoms with Crippen LogP contribution < -0.4 is 20.4 Å². The van der Waals surface area contributed by atoms with Gasteiger partial charge in [0.25, 0.3) is 0 Å². The van der Waals surface area contributed by atoms with Gasteiger partial charge in [-0.25, -0.2) is 9.59 Å². The summed E-state index contributed by atoms with van der Waals surface area (Å²) in [4.78, 5) is 38.9. The van der Waals surface area contributed by atoms with Gasteiger partial charge in [0, 0.05) is 29.2 Å². The van der Waals surface area contributed by atoms with Gasteiger partial charge in [-0.3, -0.25) is 9.32 Å². The van der Waals surface area contributed by atoms with Gasteiger partial charge in [-0.05, 0) is 70.0 Å². The van der Waals surface area contributed by atoms with Gasteiger partial charge in [-0.1, -0.05) is 20.8 Å². The molecule has 11 heteroatoms. The van der Waals surface area contributed by atoms with Crippen molar-refractivity contribution in [3.05, 3.63) is 50.7 Å².